The van der Waals surface area contributed by atoms with Crippen LogP contribution in [0.15, 0.2) is 18.2 Å². The van der Waals surface area contributed by atoms with Gasteiger partial charge in [0.2, 0.25) is 35.3 Å². The maximum atomic E-state index is 14.1. The smallest absolute Gasteiger partial charge is 0.550 e. The van der Waals surface area contributed by atoms with Crippen LogP contribution in [0.1, 0.15) is 142 Å². The van der Waals surface area contributed by atoms with E-state index in [0.29, 0.717) is 0 Å². The second kappa shape index (κ2) is 26.3. The van der Waals surface area contributed by atoms with Crippen molar-refractivity contribution in [2.24, 2.45) is 11.8 Å². The SMILES string of the molecule is COc1cccc2c1C(=O)c1c(O)c3c(c(O)c1C2=O)C[C@@](O)(C(=O)CCO)C[C@@H]3O[C@H]1C[C@H](NC(=O)[C@H](CC(C)C)NC(=O)[C@H](C)NC(=O)[C@H](CC(C)C)NC(=O)CCNC(=O)CCC(=O)[O-])[C@H](O)[C@H](C)O1.[Na+]. The summed E-state index contributed by atoms with van der Waals surface area (Å²) >= 11 is 0. The normalized spacial score (nSPS) is 22.1. The monoisotopic (exact) mass is 1050 g/mol. The molecule has 2 aromatic carbocycles. The number of hydrogen-bond donors (Lipinski definition) is 10. The summed E-state index contributed by atoms with van der Waals surface area (Å²) in [5.41, 5.74) is -4.31. The van der Waals surface area contributed by atoms with Gasteiger partial charge < -0.3 is 76.2 Å². The second-order valence-electron chi connectivity index (χ2n) is 19.6. The molecular weight excluding hydrogens is 982 g/mol. The molecule has 5 rings (SSSR count). The van der Waals surface area contributed by atoms with Gasteiger partial charge in [-0.2, -0.15) is 0 Å². The molecule has 0 radical (unpaired) electrons. The molecule has 1 heterocycles. The Morgan fingerprint density at radius 1 is 0.824 bits per heavy atom. The number of ketones is 3. The fourth-order valence-corrected chi connectivity index (χ4v) is 9.30. The molecule has 24 heteroatoms. The average Bonchev–Trinajstić information content (AvgIpc) is 3.31. The van der Waals surface area contributed by atoms with E-state index in [9.17, 15) is 73.8 Å². The van der Waals surface area contributed by atoms with Crippen LogP contribution in [0.4, 0.5) is 0 Å². The zero-order valence-corrected chi connectivity index (χ0v) is 44.8. The standard InChI is InChI=1S/C50H67N5O18.Na/c1-22(2)17-29(53-35(59)13-15-51-34(58)11-12-36(60)61)48(68)52-24(5)47(67)55-30(18-23(3)4)49(69)54-28-19-37(72-25(6)42(28)62)73-32-21-50(70,33(57)14-16-56)20-27-39(32)46(66)41-40(44(27)64)43(63)26-9-8-10-31(71-7)38(26)45(41)65;/h8-10,22-25,28-30,32,37,42,56,62,64,66,70H,11-21H2,1-7H3,(H,51,58)(H,52,68)(H,53,59)(H,54,69)(H,55,67)(H,60,61);/q;+1/p-1/t24-,25-,28-,29-,30-,32-,37-,42+,50-;/m0./s1. The number of carboxylic acid groups (broad SMARTS) is 1. The summed E-state index contributed by atoms with van der Waals surface area (Å²) in [5.74, 6) is -9.20. The van der Waals surface area contributed by atoms with Crippen molar-refractivity contribution in [2.75, 3.05) is 20.3 Å². The number of carbonyl (C=O) groups excluding carboxylic acids is 9. The quantitative estimate of drug-likeness (QED) is 0.0321. The van der Waals surface area contributed by atoms with E-state index in [4.69, 9.17) is 14.2 Å². The third kappa shape index (κ3) is 14.4. The minimum absolute atomic E-state index is 0. The molecule has 0 saturated carbocycles. The molecule has 0 aromatic heterocycles. The first-order chi connectivity index (χ1) is 34.3. The molecule has 10 N–H and O–H groups in total. The Labute approximate surface area is 449 Å². The number of Topliss-reactive ketones (excluding diaryl/α,β-unsaturated/α-hetero) is 1. The summed E-state index contributed by atoms with van der Waals surface area (Å²) in [6.07, 6.45) is -8.25. The van der Waals surface area contributed by atoms with Gasteiger partial charge in [-0.15, -0.1) is 0 Å². The number of aliphatic hydroxyl groups is 3. The molecule has 400 valence electrons. The van der Waals surface area contributed by atoms with E-state index >= 15 is 0 Å². The largest absolute Gasteiger partial charge is 1.00 e. The van der Waals surface area contributed by atoms with Crippen LogP contribution in [0.3, 0.4) is 0 Å². The average molecular weight is 1050 g/mol. The van der Waals surface area contributed by atoms with Crippen LogP contribution in [0.25, 0.3) is 0 Å². The Kier molecular flexibility index (Phi) is 21.7. The van der Waals surface area contributed by atoms with Crippen molar-refractivity contribution in [3.8, 4) is 17.2 Å². The topological polar surface area (TPSA) is 366 Å². The number of ether oxygens (including phenoxy) is 3. The molecule has 0 spiro atoms. The number of phenols is 2. The number of fused-ring (bicyclic) bond motifs is 3. The van der Waals surface area contributed by atoms with Crippen LogP contribution < -0.4 is 66.0 Å². The number of phenolic OH excluding ortho intramolecular Hbond substituents is 2. The molecule has 1 saturated heterocycles. The molecule has 2 aliphatic carbocycles. The second-order valence-corrected chi connectivity index (χ2v) is 19.6. The summed E-state index contributed by atoms with van der Waals surface area (Å²) in [5, 5.41) is 80.2. The minimum atomic E-state index is -2.34. The predicted octanol–water partition coefficient (Wildman–Crippen LogP) is -3.84. The maximum Gasteiger partial charge on any atom is 1.00 e. The number of hydrogen-bond acceptors (Lipinski definition) is 18. The minimum Gasteiger partial charge on any atom is -0.550 e. The van der Waals surface area contributed by atoms with Gasteiger partial charge in [-0.3, -0.25) is 38.4 Å². The van der Waals surface area contributed by atoms with E-state index in [0.717, 1.165) is 0 Å². The van der Waals surface area contributed by atoms with Gasteiger partial charge in [-0.05, 0) is 51.0 Å². The molecule has 0 bridgehead atoms. The van der Waals surface area contributed by atoms with E-state index in [-0.39, 0.29) is 108 Å². The molecular formula is C50H66N5NaO18. The maximum absolute atomic E-state index is 14.1. The van der Waals surface area contributed by atoms with E-state index in [1.807, 2.05) is 13.8 Å². The number of carboxylic acids is 1. The van der Waals surface area contributed by atoms with Crippen LogP contribution in [-0.4, -0.2) is 147 Å². The Morgan fingerprint density at radius 2 is 1.46 bits per heavy atom. The number of amides is 5. The molecule has 1 aliphatic heterocycles. The summed E-state index contributed by atoms with van der Waals surface area (Å²) in [7, 11) is 1.28. The summed E-state index contributed by atoms with van der Waals surface area (Å²) in [6, 6.07) is -0.455. The van der Waals surface area contributed by atoms with Crippen molar-refractivity contribution >= 4 is 52.9 Å². The molecule has 0 unspecified atom stereocenters. The number of aliphatic hydroxyl groups excluding tert-OH is 2. The Morgan fingerprint density at radius 3 is 2.07 bits per heavy atom. The van der Waals surface area contributed by atoms with Gasteiger partial charge in [0.1, 0.15) is 47.1 Å². The zero-order valence-electron chi connectivity index (χ0n) is 42.8. The molecule has 5 amide bonds. The van der Waals surface area contributed by atoms with E-state index < -0.39 is 162 Å². The van der Waals surface area contributed by atoms with Crippen molar-refractivity contribution in [3.05, 3.63) is 51.6 Å². The number of carbonyl (C=O) groups is 9. The fourth-order valence-electron chi connectivity index (χ4n) is 9.30. The van der Waals surface area contributed by atoms with Crippen molar-refractivity contribution < 1.29 is 118 Å². The predicted molar refractivity (Wildman–Crippen MR) is 253 cm³/mol. The molecule has 74 heavy (non-hydrogen) atoms. The molecule has 3 aliphatic rings. The zero-order chi connectivity index (χ0) is 54.2. The summed E-state index contributed by atoms with van der Waals surface area (Å²) < 4.78 is 17.7. The van der Waals surface area contributed by atoms with Crippen molar-refractivity contribution in [2.45, 2.75) is 154 Å². The van der Waals surface area contributed by atoms with E-state index in [2.05, 4.69) is 26.6 Å². The van der Waals surface area contributed by atoms with Crippen LogP contribution in [0, 0.1) is 11.8 Å². The van der Waals surface area contributed by atoms with Crippen molar-refractivity contribution in [1.29, 1.82) is 0 Å². The van der Waals surface area contributed by atoms with Gasteiger partial charge in [0.25, 0.3) is 0 Å². The number of aliphatic carboxylic acids is 1. The molecule has 23 nitrogen and oxygen atoms in total. The Balaban J connectivity index is 0.0000119. The summed E-state index contributed by atoms with van der Waals surface area (Å²) in [6.45, 7) is 9.27. The van der Waals surface area contributed by atoms with Crippen LogP contribution in [0.2, 0.25) is 0 Å². The fraction of sp³-hybridized carbons (Fsp3) is 0.580. The first-order valence-electron chi connectivity index (χ1n) is 24.2. The van der Waals surface area contributed by atoms with Crippen molar-refractivity contribution in [3.63, 3.8) is 0 Å². The van der Waals surface area contributed by atoms with Gasteiger partial charge in [0, 0.05) is 67.7 Å². The van der Waals surface area contributed by atoms with Gasteiger partial charge in [0.15, 0.2) is 17.9 Å². The third-order valence-electron chi connectivity index (χ3n) is 13.0. The number of benzene rings is 2. The Hall–Kier alpha value is -5.53. The van der Waals surface area contributed by atoms with Crippen LogP contribution >= 0.6 is 0 Å². The third-order valence-corrected chi connectivity index (χ3v) is 13.0. The molecule has 9 atom stereocenters. The first-order valence-corrected chi connectivity index (χ1v) is 24.2. The van der Waals surface area contributed by atoms with Gasteiger partial charge in [-0.25, -0.2) is 0 Å². The molecule has 1 fully saturated rings. The number of methoxy groups -OCH3 is 1. The molecule has 2 aromatic rings. The van der Waals surface area contributed by atoms with Crippen LogP contribution in [-0.2, 0) is 49.5 Å². The van der Waals surface area contributed by atoms with Crippen LogP contribution in [0.5, 0.6) is 17.2 Å². The van der Waals surface area contributed by atoms with Gasteiger partial charge in [0.05, 0.1) is 48.7 Å². The van der Waals surface area contributed by atoms with Gasteiger partial charge >= 0.3 is 29.6 Å². The van der Waals surface area contributed by atoms with E-state index in [1.165, 1.54) is 39.2 Å². The summed E-state index contributed by atoms with van der Waals surface area (Å²) in [4.78, 5) is 118. The first kappa shape index (κ1) is 61.0. The Bertz CT molecular complexity index is 2480. The number of rotatable bonds is 23. The number of nitrogens with one attached hydrogen (secondary N) is 5. The van der Waals surface area contributed by atoms with Crippen molar-refractivity contribution in [1.82, 2.24) is 26.6 Å². The van der Waals surface area contributed by atoms with E-state index in [1.54, 1.807) is 13.8 Å². The van der Waals surface area contributed by atoms with Gasteiger partial charge in [-0.1, -0.05) is 39.8 Å². The number of aromatic hydroxyl groups is 2.